The molecule has 1 aliphatic rings. The second-order valence-corrected chi connectivity index (χ2v) is 9.38. The SMILES string of the molecule is C=CCn1c(S[C@H](C)C(=O)N[C@@H]2CCC[C@@H](C)[C@H]2C)nnc1-c1ccc(OC)cc1. The number of thioether (sulfide) groups is 1. The third-order valence-corrected chi connectivity index (χ3v) is 7.14. The first-order valence-corrected chi connectivity index (χ1v) is 11.5. The van der Waals surface area contributed by atoms with Crippen molar-refractivity contribution in [1.82, 2.24) is 20.1 Å². The van der Waals surface area contributed by atoms with Gasteiger partial charge in [-0.2, -0.15) is 0 Å². The summed E-state index contributed by atoms with van der Waals surface area (Å²) in [7, 11) is 1.64. The van der Waals surface area contributed by atoms with Crippen LogP contribution in [0.15, 0.2) is 42.1 Å². The van der Waals surface area contributed by atoms with Crippen LogP contribution in [0.3, 0.4) is 0 Å². The molecule has 7 heteroatoms. The molecular weight excluding hydrogens is 396 g/mol. The third kappa shape index (κ3) is 5.06. The fraction of sp³-hybridized carbons (Fsp3) is 0.522. The van der Waals surface area contributed by atoms with Crippen LogP contribution in [-0.2, 0) is 11.3 Å². The summed E-state index contributed by atoms with van der Waals surface area (Å²) < 4.78 is 7.23. The molecule has 1 fully saturated rings. The third-order valence-electron chi connectivity index (χ3n) is 6.06. The number of carbonyl (C=O) groups is 1. The maximum atomic E-state index is 12.9. The zero-order chi connectivity index (χ0) is 21.7. The summed E-state index contributed by atoms with van der Waals surface area (Å²) in [5.41, 5.74) is 0.944. The van der Waals surface area contributed by atoms with Crippen molar-refractivity contribution in [2.45, 2.75) is 63.0 Å². The standard InChI is InChI=1S/C23H32N4O2S/c1-6-14-27-21(18-10-12-19(29-5)13-11-18)25-26-23(27)30-17(4)22(28)24-20-9-7-8-15(2)16(20)3/h6,10-13,15-17,20H,1,7-9,14H2,2-5H3,(H,24,28)/t15-,16-,17-,20-/m1/s1. The highest BCUT2D eigenvalue weighted by molar-refractivity contribution is 8.00. The highest BCUT2D eigenvalue weighted by atomic mass is 32.2. The van der Waals surface area contributed by atoms with E-state index in [1.165, 1.54) is 24.6 Å². The highest BCUT2D eigenvalue weighted by Crippen LogP contribution is 2.31. The number of amides is 1. The molecule has 0 bridgehead atoms. The number of benzene rings is 1. The molecule has 0 saturated heterocycles. The fourth-order valence-corrected chi connectivity index (χ4v) is 4.79. The van der Waals surface area contributed by atoms with Gasteiger partial charge < -0.3 is 10.1 Å². The first kappa shape index (κ1) is 22.4. The molecule has 4 atom stereocenters. The second-order valence-electron chi connectivity index (χ2n) is 8.08. The van der Waals surface area contributed by atoms with Gasteiger partial charge in [0.25, 0.3) is 0 Å². The summed E-state index contributed by atoms with van der Waals surface area (Å²) in [6, 6.07) is 7.97. The van der Waals surface area contributed by atoms with E-state index in [0.29, 0.717) is 23.5 Å². The molecule has 1 aliphatic carbocycles. The molecule has 1 aromatic heterocycles. The summed E-state index contributed by atoms with van der Waals surface area (Å²) in [6.07, 6.45) is 5.30. The van der Waals surface area contributed by atoms with Gasteiger partial charge in [0.15, 0.2) is 11.0 Å². The molecule has 2 aromatic rings. The van der Waals surface area contributed by atoms with Gasteiger partial charge in [0.1, 0.15) is 5.75 Å². The second kappa shape index (κ2) is 10.2. The van der Waals surface area contributed by atoms with Gasteiger partial charge in [0.2, 0.25) is 5.91 Å². The Hall–Kier alpha value is -2.28. The lowest BCUT2D eigenvalue weighted by Crippen LogP contribution is -2.46. The van der Waals surface area contributed by atoms with Crippen LogP contribution in [0.1, 0.15) is 40.0 Å². The van der Waals surface area contributed by atoms with Crippen LogP contribution in [0, 0.1) is 11.8 Å². The number of hydrogen-bond donors (Lipinski definition) is 1. The highest BCUT2D eigenvalue weighted by Gasteiger charge is 2.30. The zero-order valence-electron chi connectivity index (χ0n) is 18.3. The van der Waals surface area contributed by atoms with Crippen LogP contribution in [0.4, 0.5) is 0 Å². The summed E-state index contributed by atoms with van der Waals surface area (Å²) in [6.45, 7) is 10.9. The predicted molar refractivity (Wildman–Crippen MR) is 122 cm³/mol. The minimum absolute atomic E-state index is 0.0603. The molecule has 0 radical (unpaired) electrons. The van der Waals surface area contributed by atoms with E-state index in [-0.39, 0.29) is 17.2 Å². The van der Waals surface area contributed by atoms with Crippen LogP contribution >= 0.6 is 11.8 Å². The molecule has 162 valence electrons. The number of allylic oxidation sites excluding steroid dienone is 1. The lowest BCUT2D eigenvalue weighted by Gasteiger charge is -2.35. The van der Waals surface area contributed by atoms with Gasteiger partial charge in [-0.15, -0.1) is 16.8 Å². The Morgan fingerprint density at radius 1 is 1.33 bits per heavy atom. The zero-order valence-corrected chi connectivity index (χ0v) is 19.1. The van der Waals surface area contributed by atoms with Gasteiger partial charge >= 0.3 is 0 Å². The van der Waals surface area contributed by atoms with Gasteiger partial charge in [0.05, 0.1) is 12.4 Å². The quantitative estimate of drug-likeness (QED) is 0.493. The Bertz CT molecular complexity index is 865. The Kier molecular flexibility index (Phi) is 7.58. The molecule has 3 rings (SSSR count). The molecule has 30 heavy (non-hydrogen) atoms. The van der Waals surface area contributed by atoms with E-state index in [4.69, 9.17) is 4.74 Å². The molecule has 1 N–H and O–H groups in total. The molecule has 1 heterocycles. The average Bonchev–Trinajstić information content (AvgIpc) is 3.14. The van der Waals surface area contributed by atoms with Gasteiger partial charge in [-0.3, -0.25) is 9.36 Å². The van der Waals surface area contributed by atoms with E-state index >= 15 is 0 Å². The lowest BCUT2D eigenvalue weighted by atomic mass is 9.78. The summed E-state index contributed by atoms with van der Waals surface area (Å²) >= 11 is 1.44. The molecule has 1 amide bonds. The molecule has 0 unspecified atom stereocenters. The van der Waals surface area contributed by atoms with Crippen molar-refractivity contribution in [1.29, 1.82) is 0 Å². The fourth-order valence-electron chi connectivity index (χ4n) is 3.92. The van der Waals surface area contributed by atoms with Crippen LogP contribution in [0.5, 0.6) is 5.75 Å². The average molecular weight is 429 g/mol. The van der Waals surface area contributed by atoms with Crippen molar-refractivity contribution < 1.29 is 9.53 Å². The molecular formula is C23H32N4O2S. The first-order valence-electron chi connectivity index (χ1n) is 10.6. The van der Waals surface area contributed by atoms with Crippen molar-refractivity contribution in [3.05, 3.63) is 36.9 Å². The molecule has 6 nitrogen and oxygen atoms in total. The number of hydrogen-bond acceptors (Lipinski definition) is 5. The van der Waals surface area contributed by atoms with E-state index in [1.807, 2.05) is 41.8 Å². The number of aromatic nitrogens is 3. The smallest absolute Gasteiger partial charge is 0.233 e. The van der Waals surface area contributed by atoms with E-state index in [9.17, 15) is 4.79 Å². The van der Waals surface area contributed by atoms with E-state index in [2.05, 4.69) is 35.9 Å². The molecule has 1 aromatic carbocycles. The topological polar surface area (TPSA) is 69.0 Å². The summed E-state index contributed by atoms with van der Waals surface area (Å²) in [4.78, 5) is 12.9. The van der Waals surface area contributed by atoms with Crippen LogP contribution < -0.4 is 10.1 Å². The number of rotatable bonds is 8. The van der Waals surface area contributed by atoms with Crippen molar-refractivity contribution >= 4 is 17.7 Å². The molecule has 0 aliphatic heterocycles. The summed E-state index contributed by atoms with van der Waals surface area (Å²) in [5, 5.41) is 12.5. The minimum atomic E-state index is -0.258. The van der Waals surface area contributed by atoms with Gasteiger partial charge in [-0.1, -0.05) is 44.5 Å². The summed E-state index contributed by atoms with van der Waals surface area (Å²) in [5.74, 6) is 2.76. The minimum Gasteiger partial charge on any atom is -0.497 e. The number of nitrogens with zero attached hydrogens (tertiary/aromatic N) is 3. The van der Waals surface area contributed by atoms with Gasteiger partial charge in [0, 0.05) is 18.2 Å². The number of methoxy groups -OCH3 is 1. The van der Waals surface area contributed by atoms with Gasteiger partial charge in [-0.05, 0) is 49.4 Å². The van der Waals surface area contributed by atoms with Gasteiger partial charge in [-0.25, -0.2) is 0 Å². The van der Waals surface area contributed by atoms with E-state index in [0.717, 1.165) is 23.6 Å². The Morgan fingerprint density at radius 2 is 2.07 bits per heavy atom. The number of ether oxygens (including phenoxy) is 1. The monoisotopic (exact) mass is 428 g/mol. The largest absolute Gasteiger partial charge is 0.497 e. The first-order chi connectivity index (χ1) is 14.4. The Labute approximate surface area is 183 Å². The molecule has 1 saturated carbocycles. The van der Waals surface area contributed by atoms with Crippen molar-refractivity contribution in [2.24, 2.45) is 11.8 Å². The van der Waals surface area contributed by atoms with E-state index in [1.54, 1.807) is 7.11 Å². The Balaban J connectivity index is 1.72. The maximum absolute atomic E-state index is 12.9. The maximum Gasteiger partial charge on any atom is 0.233 e. The lowest BCUT2D eigenvalue weighted by molar-refractivity contribution is -0.121. The van der Waals surface area contributed by atoms with Crippen LogP contribution in [-0.4, -0.2) is 39.1 Å². The molecule has 0 spiro atoms. The van der Waals surface area contributed by atoms with E-state index < -0.39 is 0 Å². The normalized spacial score (nSPS) is 22.3. The predicted octanol–water partition coefficient (Wildman–Crippen LogP) is 4.56. The number of nitrogens with one attached hydrogen (secondary N) is 1. The van der Waals surface area contributed by atoms with Crippen LogP contribution in [0.2, 0.25) is 0 Å². The van der Waals surface area contributed by atoms with Crippen molar-refractivity contribution in [2.75, 3.05) is 7.11 Å². The van der Waals surface area contributed by atoms with Crippen molar-refractivity contribution in [3.63, 3.8) is 0 Å². The van der Waals surface area contributed by atoms with Crippen molar-refractivity contribution in [3.8, 4) is 17.1 Å². The Morgan fingerprint density at radius 3 is 2.73 bits per heavy atom. The number of carbonyl (C=O) groups excluding carboxylic acids is 1. The van der Waals surface area contributed by atoms with Crippen LogP contribution in [0.25, 0.3) is 11.4 Å².